The van der Waals surface area contributed by atoms with Crippen molar-refractivity contribution in [2.45, 2.75) is 50.4 Å². The Kier molecular flexibility index (Phi) is 5.18. The van der Waals surface area contributed by atoms with Gasteiger partial charge in [-0.3, -0.25) is 19.7 Å². The minimum absolute atomic E-state index is 0.147. The number of benzene rings is 1. The molecule has 8 heteroatoms. The predicted octanol–water partition coefficient (Wildman–Crippen LogP) is 0.0451. The van der Waals surface area contributed by atoms with Crippen LogP contribution in [-0.4, -0.2) is 54.0 Å². The average Bonchev–Trinajstić information content (AvgIpc) is 3.00. The van der Waals surface area contributed by atoms with Crippen molar-refractivity contribution in [2.75, 3.05) is 19.8 Å². The number of nitrogens with zero attached hydrogens (tertiary/aromatic N) is 1. The Labute approximate surface area is 163 Å². The molecule has 8 nitrogen and oxygen atoms in total. The second-order valence-corrected chi connectivity index (χ2v) is 7.92. The fourth-order valence-electron chi connectivity index (χ4n) is 4.22. The van der Waals surface area contributed by atoms with Gasteiger partial charge in [0.25, 0.3) is 5.91 Å². The molecule has 0 saturated carbocycles. The second-order valence-electron chi connectivity index (χ2n) is 7.92. The number of piperidine rings is 1. The zero-order valence-corrected chi connectivity index (χ0v) is 15.8. The fraction of sp³-hybridized carbons (Fsp3) is 0.550. The number of amides is 3. The molecule has 3 aliphatic heterocycles. The number of hydrogen-bond acceptors (Lipinski definition) is 6. The van der Waals surface area contributed by atoms with E-state index in [1.165, 1.54) is 0 Å². The van der Waals surface area contributed by atoms with Crippen LogP contribution in [0.5, 0.6) is 0 Å². The van der Waals surface area contributed by atoms with Crippen LogP contribution in [0.3, 0.4) is 0 Å². The SMILES string of the molecule is NC1(CNCc2cccc3c2CN(C2CCC(=O)NC2=O)C3=O)CCOCC1. The summed E-state index contributed by atoms with van der Waals surface area (Å²) in [5, 5.41) is 5.77. The van der Waals surface area contributed by atoms with Crippen LogP contribution in [-0.2, 0) is 27.4 Å². The Bertz CT molecular complexity index is 803. The molecule has 3 amide bonds. The Hall–Kier alpha value is -2.29. The van der Waals surface area contributed by atoms with Crippen LogP contribution in [0.15, 0.2) is 18.2 Å². The van der Waals surface area contributed by atoms with Gasteiger partial charge in [0.15, 0.2) is 0 Å². The van der Waals surface area contributed by atoms with Crippen LogP contribution in [0.2, 0.25) is 0 Å². The van der Waals surface area contributed by atoms with E-state index in [0.29, 0.717) is 44.8 Å². The van der Waals surface area contributed by atoms with Gasteiger partial charge < -0.3 is 20.7 Å². The maximum Gasteiger partial charge on any atom is 0.255 e. The Morgan fingerprint density at radius 1 is 1.25 bits per heavy atom. The third-order valence-corrected chi connectivity index (χ3v) is 5.96. The minimum Gasteiger partial charge on any atom is -0.381 e. The Balaban J connectivity index is 1.44. The summed E-state index contributed by atoms with van der Waals surface area (Å²) in [6, 6.07) is 5.08. The van der Waals surface area contributed by atoms with E-state index in [2.05, 4.69) is 10.6 Å². The summed E-state index contributed by atoms with van der Waals surface area (Å²) < 4.78 is 5.38. The number of ether oxygens (including phenoxy) is 1. The average molecular weight is 386 g/mol. The first-order valence-electron chi connectivity index (χ1n) is 9.80. The second kappa shape index (κ2) is 7.62. The first-order chi connectivity index (χ1) is 13.5. The van der Waals surface area contributed by atoms with Gasteiger partial charge in [-0.15, -0.1) is 0 Å². The third kappa shape index (κ3) is 3.67. The van der Waals surface area contributed by atoms with Crippen LogP contribution in [0.1, 0.15) is 47.2 Å². The molecular weight excluding hydrogens is 360 g/mol. The Morgan fingerprint density at radius 2 is 2.04 bits per heavy atom. The highest BCUT2D eigenvalue weighted by molar-refractivity contribution is 6.05. The molecule has 1 aromatic rings. The van der Waals surface area contributed by atoms with E-state index in [1.807, 2.05) is 12.1 Å². The lowest BCUT2D eigenvalue weighted by Gasteiger charge is -2.33. The van der Waals surface area contributed by atoms with Crippen LogP contribution < -0.4 is 16.4 Å². The molecule has 0 aliphatic carbocycles. The molecular formula is C20H26N4O4. The van der Waals surface area contributed by atoms with Crippen molar-refractivity contribution in [1.82, 2.24) is 15.5 Å². The Morgan fingerprint density at radius 3 is 2.79 bits per heavy atom. The summed E-state index contributed by atoms with van der Waals surface area (Å²) in [4.78, 5) is 38.0. The summed E-state index contributed by atoms with van der Waals surface area (Å²) in [5.41, 5.74) is 8.79. The largest absolute Gasteiger partial charge is 0.381 e. The molecule has 3 aliphatic rings. The predicted molar refractivity (Wildman–Crippen MR) is 101 cm³/mol. The summed E-state index contributed by atoms with van der Waals surface area (Å²) in [5.74, 6) is -0.813. The molecule has 1 unspecified atom stereocenters. The number of fused-ring (bicyclic) bond motifs is 1. The number of imide groups is 1. The van der Waals surface area contributed by atoms with Crippen molar-refractivity contribution < 1.29 is 19.1 Å². The molecule has 0 radical (unpaired) electrons. The molecule has 2 fully saturated rings. The molecule has 1 aromatic carbocycles. The molecule has 0 spiro atoms. The summed E-state index contributed by atoms with van der Waals surface area (Å²) >= 11 is 0. The summed E-state index contributed by atoms with van der Waals surface area (Å²) in [6.07, 6.45) is 2.28. The number of hydrogen-bond donors (Lipinski definition) is 3. The quantitative estimate of drug-likeness (QED) is 0.616. The first-order valence-corrected chi connectivity index (χ1v) is 9.80. The van der Waals surface area contributed by atoms with Gasteiger partial charge in [-0.2, -0.15) is 0 Å². The van der Waals surface area contributed by atoms with Gasteiger partial charge in [0, 0.05) is 50.4 Å². The van der Waals surface area contributed by atoms with Crippen molar-refractivity contribution >= 4 is 17.7 Å². The zero-order chi connectivity index (χ0) is 19.7. The number of nitrogens with two attached hydrogens (primary N) is 1. The molecule has 28 heavy (non-hydrogen) atoms. The fourth-order valence-corrected chi connectivity index (χ4v) is 4.22. The highest BCUT2D eigenvalue weighted by Gasteiger charge is 2.39. The van der Waals surface area contributed by atoms with Gasteiger partial charge in [-0.05, 0) is 36.5 Å². The van der Waals surface area contributed by atoms with E-state index >= 15 is 0 Å². The molecule has 2 saturated heterocycles. The molecule has 1 atom stereocenters. The van der Waals surface area contributed by atoms with E-state index < -0.39 is 6.04 Å². The van der Waals surface area contributed by atoms with Crippen LogP contribution in [0.4, 0.5) is 0 Å². The molecule has 4 rings (SSSR count). The lowest BCUT2D eigenvalue weighted by molar-refractivity contribution is -0.136. The van der Waals surface area contributed by atoms with Gasteiger partial charge in [-0.25, -0.2) is 0 Å². The maximum atomic E-state index is 12.9. The van der Waals surface area contributed by atoms with Crippen molar-refractivity contribution in [3.05, 3.63) is 34.9 Å². The van der Waals surface area contributed by atoms with E-state index in [4.69, 9.17) is 10.5 Å². The van der Waals surface area contributed by atoms with Gasteiger partial charge in [-0.1, -0.05) is 12.1 Å². The topological polar surface area (TPSA) is 114 Å². The number of carbonyl (C=O) groups is 3. The van der Waals surface area contributed by atoms with Crippen LogP contribution in [0.25, 0.3) is 0 Å². The van der Waals surface area contributed by atoms with E-state index in [1.54, 1.807) is 11.0 Å². The third-order valence-electron chi connectivity index (χ3n) is 5.96. The van der Waals surface area contributed by atoms with Crippen molar-refractivity contribution in [1.29, 1.82) is 0 Å². The van der Waals surface area contributed by atoms with Gasteiger partial charge >= 0.3 is 0 Å². The van der Waals surface area contributed by atoms with E-state index in [0.717, 1.165) is 24.0 Å². The van der Waals surface area contributed by atoms with Gasteiger partial charge in [0.1, 0.15) is 6.04 Å². The highest BCUT2D eigenvalue weighted by Crippen LogP contribution is 2.30. The number of carbonyl (C=O) groups excluding carboxylic acids is 3. The van der Waals surface area contributed by atoms with Crippen molar-refractivity contribution in [3.63, 3.8) is 0 Å². The van der Waals surface area contributed by atoms with Crippen molar-refractivity contribution in [3.8, 4) is 0 Å². The van der Waals surface area contributed by atoms with Crippen molar-refractivity contribution in [2.24, 2.45) is 5.73 Å². The standard InChI is InChI=1S/C20H26N4O4/c21-20(6-8-28-9-7-20)12-22-10-13-2-1-3-14-15(13)11-24(19(14)27)16-4-5-17(25)23-18(16)26/h1-3,16,22H,4-12,21H2,(H,23,25,26). The molecule has 0 bridgehead atoms. The zero-order valence-electron chi connectivity index (χ0n) is 15.8. The van der Waals surface area contributed by atoms with E-state index in [-0.39, 0.29) is 29.7 Å². The monoisotopic (exact) mass is 386 g/mol. The lowest BCUT2D eigenvalue weighted by atomic mass is 9.91. The normalized spacial score (nSPS) is 24.2. The smallest absolute Gasteiger partial charge is 0.255 e. The number of nitrogens with one attached hydrogen (secondary N) is 2. The minimum atomic E-state index is -0.590. The maximum absolute atomic E-state index is 12.9. The molecule has 150 valence electrons. The molecule has 4 N–H and O–H groups in total. The van der Waals surface area contributed by atoms with E-state index in [9.17, 15) is 14.4 Å². The number of rotatable bonds is 5. The highest BCUT2D eigenvalue weighted by atomic mass is 16.5. The van der Waals surface area contributed by atoms with Gasteiger partial charge in [0.2, 0.25) is 11.8 Å². The summed E-state index contributed by atoms with van der Waals surface area (Å²) in [6.45, 7) is 3.06. The van der Waals surface area contributed by atoms with Crippen LogP contribution >= 0.6 is 0 Å². The van der Waals surface area contributed by atoms with Gasteiger partial charge in [0.05, 0.1) is 0 Å². The molecule has 3 heterocycles. The summed E-state index contributed by atoms with van der Waals surface area (Å²) in [7, 11) is 0. The lowest BCUT2D eigenvalue weighted by Crippen LogP contribution is -2.52. The first kappa shape index (κ1) is 19.0. The molecule has 0 aromatic heterocycles. The van der Waals surface area contributed by atoms with Crippen LogP contribution in [0, 0.1) is 0 Å².